The highest BCUT2D eigenvalue weighted by Gasteiger charge is 2.18. The molecule has 8 nitrogen and oxygen atoms in total. The van der Waals surface area contributed by atoms with Crippen LogP contribution in [0.25, 0.3) is 5.78 Å². The Morgan fingerprint density at radius 2 is 2.00 bits per heavy atom. The van der Waals surface area contributed by atoms with Crippen molar-refractivity contribution in [2.75, 3.05) is 32.4 Å². The lowest BCUT2D eigenvalue weighted by Gasteiger charge is -2.28. The summed E-state index contributed by atoms with van der Waals surface area (Å²) in [7, 11) is 2.16. The number of hydrogen-bond acceptors (Lipinski definition) is 6. The van der Waals surface area contributed by atoms with Crippen LogP contribution in [0.4, 0.5) is 5.95 Å². The molecule has 1 fully saturated rings. The molecular formula is C17H27N7O. The van der Waals surface area contributed by atoms with E-state index in [0.717, 1.165) is 48.9 Å². The highest BCUT2D eigenvalue weighted by Crippen LogP contribution is 2.19. The van der Waals surface area contributed by atoms with Crippen molar-refractivity contribution in [1.82, 2.24) is 29.8 Å². The van der Waals surface area contributed by atoms with E-state index in [1.54, 1.807) is 4.52 Å². The first-order valence-electron chi connectivity index (χ1n) is 8.87. The lowest BCUT2D eigenvalue weighted by Crippen LogP contribution is -2.33. The number of fused-ring (bicyclic) bond motifs is 1. The summed E-state index contributed by atoms with van der Waals surface area (Å²) in [6.07, 6.45) is 3.79. The van der Waals surface area contributed by atoms with E-state index in [4.69, 9.17) is 5.73 Å². The predicted molar refractivity (Wildman–Crippen MR) is 96.2 cm³/mol. The van der Waals surface area contributed by atoms with Crippen LogP contribution in [0.2, 0.25) is 0 Å². The second kappa shape index (κ2) is 7.35. The van der Waals surface area contributed by atoms with Crippen molar-refractivity contribution in [1.29, 1.82) is 0 Å². The van der Waals surface area contributed by atoms with E-state index < -0.39 is 0 Å². The summed E-state index contributed by atoms with van der Waals surface area (Å²) in [6.45, 7) is 6.85. The number of rotatable bonds is 5. The minimum Gasteiger partial charge on any atom is -0.366 e. The highest BCUT2D eigenvalue weighted by molar-refractivity contribution is 5.79. The van der Waals surface area contributed by atoms with Crippen molar-refractivity contribution in [3.05, 3.63) is 17.0 Å². The van der Waals surface area contributed by atoms with Crippen LogP contribution in [0.5, 0.6) is 0 Å². The smallest absolute Gasteiger partial charge is 0.254 e. The van der Waals surface area contributed by atoms with E-state index in [9.17, 15) is 4.79 Å². The van der Waals surface area contributed by atoms with E-state index in [1.807, 2.05) is 13.8 Å². The Kier molecular flexibility index (Phi) is 5.17. The number of carbonyl (C=O) groups is 1. The third-order valence-electron chi connectivity index (χ3n) is 5.12. The van der Waals surface area contributed by atoms with E-state index in [1.165, 1.54) is 12.8 Å². The van der Waals surface area contributed by atoms with Crippen LogP contribution in [0, 0.1) is 19.8 Å². The maximum atomic E-state index is 12.3. The number of piperidine rings is 1. The molecule has 0 aromatic carbocycles. The predicted octanol–water partition coefficient (Wildman–Crippen LogP) is 0.714. The van der Waals surface area contributed by atoms with Crippen molar-refractivity contribution < 1.29 is 4.79 Å². The first kappa shape index (κ1) is 17.6. The lowest BCUT2D eigenvalue weighted by atomic mass is 9.94. The molecule has 0 spiro atoms. The molecule has 0 unspecified atom stereocenters. The fourth-order valence-electron chi connectivity index (χ4n) is 3.47. The van der Waals surface area contributed by atoms with Crippen LogP contribution >= 0.6 is 0 Å². The van der Waals surface area contributed by atoms with Crippen molar-refractivity contribution >= 4 is 17.6 Å². The van der Waals surface area contributed by atoms with Crippen LogP contribution in [0.3, 0.4) is 0 Å². The number of nitrogen functional groups attached to an aromatic ring is 1. The zero-order valence-corrected chi connectivity index (χ0v) is 15.2. The van der Waals surface area contributed by atoms with Gasteiger partial charge in [-0.05, 0) is 59.2 Å². The van der Waals surface area contributed by atoms with Crippen molar-refractivity contribution in [3.63, 3.8) is 0 Å². The molecule has 136 valence electrons. The molecular weight excluding hydrogens is 318 g/mol. The molecule has 1 aliphatic rings. The zero-order valence-electron chi connectivity index (χ0n) is 15.2. The van der Waals surface area contributed by atoms with E-state index >= 15 is 0 Å². The number of amides is 1. The Balaban J connectivity index is 1.56. The van der Waals surface area contributed by atoms with Crippen LogP contribution in [0.1, 0.15) is 36.2 Å². The van der Waals surface area contributed by atoms with E-state index in [2.05, 4.69) is 32.3 Å². The Labute approximate surface area is 147 Å². The van der Waals surface area contributed by atoms with Gasteiger partial charge < -0.3 is 16.0 Å². The number of hydrogen-bond donors (Lipinski definition) is 2. The average molecular weight is 345 g/mol. The van der Waals surface area contributed by atoms with E-state index in [-0.39, 0.29) is 11.9 Å². The molecule has 0 saturated carbocycles. The number of nitrogens with one attached hydrogen (secondary N) is 1. The van der Waals surface area contributed by atoms with Crippen LogP contribution < -0.4 is 11.1 Å². The summed E-state index contributed by atoms with van der Waals surface area (Å²) in [5, 5.41) is 7.18. The topological polar surface area (TPSA) is 101 Å². The van der Waals surface area contributed by atoms with Gasteiger partial charge >= 0.3 is 0 Å². The monoisotopic (exact) mass is 345 g/mol. The fourth-order valence-corrected chi connectivity index (χ4v) is 3.47. The van der Waals surface area contributed by atoms with Crippen molar-refractivity contribution in [2.45, 2.75) is 39.5 Å². The van der Waals surface area contributed by atoms with Crippen molar-refractivity contribution in [2.24, 2.45) is 5.92 Å². The normalized spacial score (nSPS) is 16.4. The van der Waals surface area contributed by atoms with Gasteiger partial charge in [0.05, 0.1) is 6.42 Å². The van der Waals surface area contributed by atoms with Gasteiger partial charge in [0.15, 0.2) is 0 Å². The van der Waals surface area contributed by atoms with Gasteiger partial charge in [-0.1, -0.05) is 0 Å². The van der Waals surface area contributed by atoms with Gasteiger partial charge in [-0.25, -0.2) is 4.98 Å². The highest BCUT2D eigenvalue weighted by atomic mass is 16.1. The molecule has 3 rings (SSSR count). The van der Waals surface area contributed by atoms with Crippen LogP contribution in [-0.4, -0.2) is 57.1 Å². The van der Waals surface area contributed by atoms with E-state index in [0.29, 0.717) is 12.2 Å². The maximum absolute atomic E-state index is 12.3. The Hall–Kier alpha value is -2.22. The fraction of sp³-hybridized carbons (Fsp3) is 0.647. The average Bonchev–Trinajstić information content (AvgIpc) is 2.94. The molecule has 25 heavy (non-hydrogen) atoms. The molecule has 1 amide bonds. The first-order chi connectivity index (χ1) is 11.9. The summed E-state index contributed by atoms with van der Waals surface area (Å²) in [4.78, 5) is 23.2. The van der Waals surface area contributed by atoms with Gasteiger partial charge in [-0.2, -0.15) is 9.50 Å². The summed E-state index contributed by atoms with van der Waals surface area (Å²) >= 11 is 0. The number of anilines is 1. The summed E-state index contributed by atoms with van der Waals surface area (Å²) in [5.74, 6) is 1.40. The second-order valence-electron chi connectivity index (χ2n) is 7.01. The molecule has 1 aliphatic heterocycles. The molecule has 3 heterocycles. The van der Waals surface area contributed by atoms with Gasteiger partial charge in [0, 0.05) is 23.5 Å². The van der Waals surface area contributed by atoms with Gasteiger partial charge in [-0.15, -0.1) is 5.10 Å². The molecule has 0 atom stereocenters. The molecule has 3 N–H and O–H groups in total. The summed E-state index contributed by atoms with van der Waals surface area (Å²) in [6, 6.07) is 0. The van der Waals surface area contributed by atoms with Crippen molar-refractivity contribution in [3.8, 4) is 0 Å². The van der Waals surface area contributed by atoms with Crippen LogP contribution in [0.15, 0.2) is 0 Å². The number of carbonyl (C=O) groups excluding carboxylic acids is 1. The quantitative estimate of drug-likeness (QED) is 0.828. The molecule has 2 aromatic heterocycles. The minimum absolute atomic E-state index is 0.0216. The molecule has 8 heteroatoms. The molecule has 0 radical (unpaired) electrons. The Morgan fingerprint density at radius 1 is 1.28 bits per heavy atom. The summed E-state index contributed by atoms with van der Waals surface area (Å²) < 4.78 is 1.60. The first-order valence-corrected chi connectivity index (χ1v) is 8.87. The third kappa shape index (κ3) is 4.07. The Morgan fingerprint density at radius 3 is 2.72 bits per heavy atom. The molecule has 0 aliphatic carbocycles. The van der Waals surface area contributed by atoms with Gasteiger partial charge in [0.25, 0.3) is 5.78 Å². The Bertz CT molecular complexity index is 762. The zero-order chi connectivity index (χ0) is 18.0. The SMILES string of the molecule is Cc1nc2nc(N)nn2c(C)c1CC(=O)NCCC1CCN(C)CC1. The second-order valence-corrected chi connectivity index (χ2v) is 7.01. The van der Waals surface area contributed by atoms with Gasteiger partial charge in [0.2, 0.25) is 11.9 Å². The number of aryl methyl sites for hydroxylation is 2. The largest absolute Gasteiger partial charge is 0.366 e. The van der Waals surface area contributed by atoms with Crippen LogP contribution in [-0.2, 0) is 11.2 Å². The number of aromatic nitrogens is 4. The summed E-state index contributed by atoms with van der Waals surface area (Å²) in [5.41, 5.74) is 8.18. The number of likely N-dealkylation sites (tertiary alicyclic amines) is 1. The third-order valence-corrected chi connectivity index (χ3v) is 5.12. The van der Waals surface area contributed by atoms with Gasteiger partial charge in [-0.3, -0.25) is 4.79 Å². The molecule has 1 saturated heterocycles. The van der Waals surface area contributed by atoms with Gasteiger partial charge in [0.1, 0.15) is 0 Å². The number of nitrogens with two attached hydrogens (primary N) is 1. The standard InChI is InChI=1S/C17H27N7O/c1-11-14(12(2)24-17(20-11)21-16(18)22-24)10-15(25)19-7-4-13-5-8-23(3)9-6-13/h13H,4-10H2,1-3H3,(H2,18,22)(H,19,25). The lowest BCUT2D eigenvalue weighted by molar-refractivity contribution is -0.120. The molecule has 0 bridgehead atoms. The number of nitrogens with zero attached hydrogens (tertiary/aromatic N) is 5. The maximum Gasteiger partial charge on any atom is 0.254 e. The minimum atomic E-state index is 0.0216. The molecule has 2 aromatic rings.